The summed E-state index contributed by atoms with van der Waals surface area (Å²) in [7, 11) is 0. The predicted octanol–water partition coefficient (Wildman–Crippen LogP) is 4.87. The molecule has 0 saturated heterocycles. The molecular weight excluding hydrogens is 288 g/mol. The summed E-state index contributed by atoms with van der Waals surface area (Å²) in [5.41, 5.74) is 2.15. The van der Waals surface area contributed by atoms with E-state index in [9.17, 15) is 8.78 Å². The van der Waals surface area contributed by atoms with E-state index in [-0.39, 0.29) is 6.04 Å². The van der Waals surface area contributed by atoms with E-state index in [1.165, 1.54) is 22.6 Å². The summed E-state index contributed by atoms with van der Waals surface area (Å²) in [6.07, 6.45) is 2.70. The van der Waals surface area contributed by atoms with Gasteiger partial charge in [0.25, 0.3) is 0 Å². The lowest BCUT2D eigenvalue weighted by Gasteiger charge is -2.19. The fraction of sp³-hybridized carbons (Fsp3) is 0.412. The Morgan fingerprint density at radius 1 is 1.14 bits per heavy atom. The van der Waals surface area contributed by atoms with Crippen molar-refractivity contribution in [3.05, 3.63) is 57.3 Å². The van der Waals surface area contributed by atoms with E-state index in [2.05, 4.69) is 30.6 Å². The van der Waals surface area contributed by atoms with Crippen molar-refractivity contribution in [3.8, 4) is 0 Å². The number of aryl methyl sites for hydroxylation is 1. The quantitative estimate of drug-likeness (QED) is 0.769. The molecule has 1 unspecified atom stereocenters. The van der Waals surface area contributed by atoms with Crippen LogP contribution in [0.5, 0.6) is 0 Å². The van der Waals surface area contributed by atoms with Crippen LogP contribution in [0.15, 0.2) is 29.6 Å². The van der Waals surface area contributed by atoms with E-state index in [0.29, 0.717) is 6.42 Å². The van der Waals surface area contributed by atoms with Crippen LogP contribution in [0.2, 0.25) is 0 Å². The van der Waals surface area contributed by atoms with Gasteiger partial charge in [-0.3, -0.25) is 0 Å². The van der Waals surface area contributed by atoms with Crippen molar-refractivity contribution >= 4 is 11.3 Å². The fourth-order valence-electron chi connectivity index (χ4n) is 2.42. The lowest BCUT2D eigenvalue weighted by atomic mass is 10.0. The van der Waals surface area contributed by atoms with Gasteiger partial charge in [0.2, 0.25) is 0 Å². The maximum atomic E-state index is 13.4. The third-order valence-corrected chi connectivity index (χ3v) is 4.62. The predicted molar refractivity (Wildman–Crippen MR) is 84.8 cm³/mol. The van der Waals surface area contributed by atoms with Gasteiger partial charge in [-0.1, -0.05) is 19.9 Å². The van der Waals surface area contributed by atoms with Crippen molar-refractivity contribution in [2.75, 3.05) is 6.54 Å². The van der Waals surface area contributed by atoms with Gasteiger partial charge in [-0.05, 0) is 60.5 Å². The monoisotopic (exact) mass is 309 g/mol. The van der Waals surface area contributed by atoms with Crippen molar-refractivity contribution in [1.82, 2.24) is 5.32 Å². The maximum Gasteiger partial charge on any atom is 0.159 e. The summed E-state index contributed by atoms with van der Waals surface area (Å²) in [4.78, 5) is 1.30. The van der Waals surface area contributed by atoms with Gasteiger partial charge in [-0.25, -0.2) is 8.78 Å². The standard InChI is InChI=1S/C17H21F2NS/c1-3-8-20-16(17-13(4-2)7-9-21-17)11-12-5-6-14(18)15(19)10-12/h5-7,9-10,16,20H,3-4,8,11H2,1-2H3. The number of thiophene rings is 1. The van der Waals surface area contributed by atoms with Crippen LogP contribution in [-0.4, -0.2) is 6.54 Å². The zero-order valence-corrected chi connectivity index (χ0v) is 13.3. The Morgan fingerprint density at radius 2 is 1.95 bits per heavy atom. The van der Waals surface area contributed by atoms with E-state index >= 15 is 0 Å². The van der Waals surface area contributed by atoms with Crippen molar-refractivity contribution in [3.63, 3.8) is 0 Å². The molecule has 0 aliphatic rings. The van der Waals surface area contributed by atoms with Gasteiger partial charge in [0, 0.05) is 10.9 Å². The van der Waals surface area contributed by atoms with Gasteiger partial charge < -0.3 is 5.32 Å². The minimum atomic E-state index is -0.790. The van der Waals surface area contributed by atoms with Crippen molar-refractivity contribution in [2.45, 2.75) is 39.2 Å². The molecule has 0 saturated carbocycles. The van der Waals surface area contributed by atoms with E-state index in [0.717, 1.165) is 24.9 Å². The Kier molecular flexibility index (Phi) is 5.88. The zero-order chi connectivity index (χ0) is 15.2. The number of halogens is 2. The molecule has 0 spiro atoms. The molecule has 1 aromatic heterocycles. The summed E-state index contributed by atoms with van der Waals surface area (Å²) in [6, 6.07) is 6.47. The Balaban J connectivity index is 2.21. The molecule has 0 bridgehead atoms. The summed E-state index contributed by atoms with van der Waals surface area (Å²) >= 11 is 1.73. The lowest BCUT2D eigenvalue weighted by Crippen LogP contribution is -2.24. The first-order chi connectivity index (χ1) is 10.2. The van der Waals surface area contributed by atoms with Gasteiger partial charge in [-0.2, -0.15) is 0 Å². The normalized spacial score (nSPS) is 12.6. The molecular formula is C17H21F2NS. The maximum absolute atomic E-state index is 13.4. The van der Waals surface area contributed by atoms with Crippen molar-refractivity contribution < 1.29 is 8.78 Å². The molecule has 114 valence electrons. The molecule has 2 aromatic rings. The van der Waals surface area contributed by atoms with Gasteiger partial charge in [0.1, 0.15) is 0 Å². The topological polar surface area (TPSA) is 12.0 Å². The molecule has 1 atom stereocenters. The third kappa shape index (κ3) is 4.11. The molecule has 1 nitrogen and oxygen atoms in total. The van der Waals surface area contributed by atoms with Crippen molar-refractivity contribution in [1.29, 1.82) is 0 Å². The fourth-order valence-corrected chi connectivity index (χ4v) is 3.50. The Labute approximate surface area is 129 Å². The molecule has 2 rings (SSSR count). The second kappa shape index (κ2) is 7.66. The molecule has 4 heteroatoms. The smallest absolute Gasteiger partial charge is 0.159 e. The highest BCUT2D eigenvalue weighted by Crippen LogP contribution is 2.28. The summed E-state index contributed by atoms with van der Waals surface area (Å²) < 4.78 is 26.4. The molecule has 0 fully saturated rings. The van der Waals surface area contributed by atoms with Crippen LogP contribution in [-0.2, 0) is 12.8 Å². The molecule has 0 amide bonds. The van der Waals surface area contributed by atoms with Gasteiger partial charge in [0.15, 0.2) is 11.6 Å². The number of rotatable bonds is 7. The Morgan fingerprint density at radius 3 is 2.62 bits per heavy atom. The Bertz CT molecular complexity index is 580. The first kappa shape index (κ1) is 16.1. The number of benzene rings is 1. The van der Waals surface area contributed by atoms with Crippen LogP contribution < -0.4 is 5.32 Å². The molecule has 1 aromatic carbocycles. The van der Waals surface area contributed by atoms with Crippen LogP contribution >= 0.6 is 11.3 Å². The van der Waals surface area contributed by atoms with Crippen LogP contribution in [0.3, 0.4) is 0 Å². The largest absolute Gasteiger partial charge is 0.309 e. The van der Waals surface area contributed by atoms with Crippen LogP contribution in [0.25, 0.3) is 0 Å². The SMILES string of the molecule is CCCNC(Cc1ccc(F)c(F)c1)c1sccc1CC. The highest BCUT2D eigenvalue weighted by atomic mass is 32.1. The molecule has 1 N–H and O–H groups in total. The average Bonchev–Trinajstić information content (AvgIpc) is 2.95. The summed E-state index contributed by atoms with van der Waals surface area (Å²) in [5, 5.41) is 5.62. The highest BCUT2D eigenvalue weighted by molar-refractivity contribution is 7.10. The van der Waals surface area contributed by atoms with Gasteiger partial charge in [0.05, 0.1) is 0 Å². The molecule has 0 radical (unpaired) electrons. The lowest BCUT2D eigenvalue weighted by molar-refractivity contribution is 0.501. The number of hydrogen-bond acceptors (Lipinski definition) is 2. The number of hydrogen-bond donors (Lipinski definition) is 1. The minimum absolute atomic E-state index is 0.157. The summed E-state index contributed by atoms with van der Waals surface area (Å²) in [6.45, 7) is 5.17. The number of nitrogens with one attached hydrogen (secondary N) is 1. The van der Waals surface area contributed by atoms with Crippen LogP contribution in [0.1, 0.15) is 42.3 Å². The van der Waals surface area contributed by atoms with Gasteiger partial charge in [-0.15, -0.1) is 11.3 Å². The van der Waals surface area contributed by atoms with Crippen LogP contribution in [0.4, 0.5) is 8.78 Å². The van der Waals surface area contributed by atoms with Gasteiger partial charge >= 0.3 is 0 Å². The van der Waals surface area contributed by atoms with Crippen LogP contribution in [0, 0.1) is 11.6 Å². The molecule has 0 aliphatic carbocycles. The molecule has 0 aliphatic heterocycles. The van der Waals surface area contributed by atoms with E-state index in [1.807, 2.05) is 0 Å². The molecule has 1 heterocycles. The first-order valence-corrected chi connectivity index (χ1v) is 8.27. The second-order valence-electron chi connectivity index (χ2n) is 5.12. The zero-order valence-electron chi connectivity index (χ0n) is 12.5. The summed E-state index contributed by atoms with van der Waals surface area (Å²) in [5.74, 6) is -1.56. The molecule has 21 heavy (non-hydrogen) atoms. The van der Waals surface area contributed by atoms with E-state index in [1.54, 1.807) is 17.4 Å². The van der Waals surface area contributed by atoms with Crippen molar-refractivity contribution in [2.24, 2.45) is 0 Å². The first-order valence-electron chi connectivity index (χ1n) is 7.39. The second-order valence-corrected chi connectivity index (χ2v) is 6.07. The Hall–Kier alpha value is -1.26. The highest BCUT2D eigenvalue weighted by Gasteiger charge is 2.17. The van der Waals surface area contributed by atoms with E-state index < -0.39 is 11.6 Å². The average molecular weight is 309 g/mol. The third-order valence-electron chi connectivity index (χ3n) is 3.54. The minimum Gasteiger partial charge on any atom is -0.309 e. The van der Waals surface area contributed by atoms with E-state index in [4.69, 9.17) is 0 Å².